The number of amides is 1. The minimum absolute atomic E-state index is 0.0909. The lowest BCUT2D eigenvalue weighted by atomic mass is 9.80. The van der Waals surface area contributed by atoms with Crippen LogP contribution in [-0.2, 0) is 4.79 Å². The summed E-state index contributed by atoms with van der Waals surface area (Å²) in [4.78, 5) is 12.1. The number of hydrogen-bond acceptors (Lipinski definition) is 2. The summed E-state index contributed by atoms with van der Waals surface area (Å²) < 4.78 is 38.2. The predicted molar refractivity (Wildman–Crippen MR) is 74.6 cm³/mol. The molecule has 1 rings (SSSR count). The van der Waals surface area contributed by atoms with Gasteiger partial charge in [-0.2, -0.15) is 13.2 Å². The number of rotatable bonds is 6. The van der Waals surface area contributed by atoms with E-state index in [0.29, 0.717) is 25.8 Å². The highest BCUT2D eigenvalue weighted by Gasteiger charge is 2.43. The van der Waals surface area contributed by atoms with Gasteiger partial charge in [-0.15, -0.1) is 0 Å². The van der Waals surface area contributed by atoms with Crippen LogP contribution >= 0.6 is 0 Å². The van der Waals surface area contributed by atoms with Crippen molar-refractivity contribution in [2.45, 2.75) is 58.5 Å². The molecule has 1 fully saturated rings. The van der Waals surface area contributed by atoms with Gasteiger partial charge in [0.25, 0.3) is 0 Å². The fourth-order valence-corrected chi connectivity index (χ4v) is 2.84. The highest BCUT2D eigenvalue weighted by molar-refractivity contribution is 5.78. The molecule has 1 amide bonds. The molecule has 21 heavy (non-hydrogen) atoms. The van der Waals surface area contributed by atoms with Crippen molar-refractivity contribution in [2.75, 3.05) is 13.2 Å². The molecule has 0 saturated heterocycles. The first-order chi connectivity index (χ1) is 9.65. The number of aliphatic hydroxyl groups excluding tert-OH is 1. The molecule has 0 aromatic carbocycles. The first-order valence-electron chi connectivity index (χ1n) is 7.61. The van der Waals surface area contributed by atoms with Crippen LogP contribution in [0.3, 0.4) is 0 Å². The van der Waals surface area contributed by atoms with Gasteiger partial charge >= 0.3 is 6.18 Å². The summed E-state index contributed by atoms with van der Waals surface area (Å²) in [5.41, 5.74) is -0.156. The van der Waals surface area contributed by atoms with Crippen LogP contribution in [0.2, 0.25) is 0 Å². The Morgan fingerprint density at radius 2 is 1.95 bits per heavy atom. The second-order valence-corrected chi connectivity index (χ2v) is 6.81. The molecule has 6 heteroatoms. The van der Waals surface area contributed by atoms with Crippen molar-refractivity contribution in [3.8, 4) is 0 Å². The zero-order valence-electron chi connectivity index (χ0n) is 12.8. The zero-order chi connectivity index (χ0) is 16.1. The van der Waals surface area contributed by atoms with Gasteiger partial charge in [0.1, 0.15) is 0 Å². The molecule has 1 aliphatic rings. The molecule has 0 spiro atoms. The van der Waals surface area contributed by atoms with Gasteiger partial charge in [-0.1, -0.05) is 20.3 Å². The molecule has 1 saturated carbocycles. The summed E-state index contributed by atoms with van der Waals surface area (Å²) in [5, 5.41) is 11.6. The lowest BCUT2D eigenvalue weighted by Gasteiger charge is -2.31. The van der Waals surface area contributed by atoms with Crippen molar-refractivity contribution >= 4 is 5.91 Å². The van der Waals surface area contributed by atoms with E-state index in [1.165, 1.54) is 0 Å². The van der Waals surface area contributed by atoms with Gasteiger partial charge in [0.2, 0.25) is 5.91 Å². The lowest BCUT2D eigenvalue weighted by Crippen LogP contribution is -2.41. The van der Waals surface area contributed by atoms with E-state index >= 15 is 0 Å². The van der Waals surface area contributed by atoms with Crippen molar-refractivity contribution in [3.63, 3.8) is 0 Å². The summed E-state index contributed by atoms with van der Waals surface area (Å²) in [6.07, 6.45) is -1.74. The second kappa shape index (κ2) is 7.47. The molecule has 0 heterocycles. The van der Waals surface area contributed by atoms with E-state index in [0.717, 1.165) is 6.42 Å². The van der Waals surface area contributed by atoms with Crippen LogP contribution in [0.5, 0.6) is 0 Å². The highest BCUT2D eigenvalue weighted by Crippen LogP contribution is 2.40. The molecule has 0 aromatic heterocycles. The van der Waals surface area contributed by atoms with Crippen LogP contribution < -0.4 is 5.32 Å². The van der Waals surface area contributed by atoms with Gasteiger partial charge in [0.05, 0.1) is 5.92 Å². The van der Waals surface area contributed by atoms with Crippen LogP contribution in [0.15, 0.2) is 0 Å². The Morgan fingerprint density at radius 1 is 1.29 bits per heavy atom. The van der Waals surface area contributed by atoms with Gasteiger partial charge in [0.15, 0.2) is 0 Å². The topological polar surface area (TPSA) is 49.3 Å². The Hall–Kier alpha value is -0.780. The monoisotopic (exact) mass is 309 g/mol. The standard InChI is InChI=1S/C15H26F3NO2/c1-14(2,7-4-8-20)10-19-13(21)11-5-3-6-12(9-11)15(16,17)18/h11-12,20H,3-10H2,1-2H3,(H,19,21). The van der Waals surface area contributed by atoms with Gasteiger partial charge in [-0.25, -0.2) is 0 Å². The third-order valence-corrected chi connectivity index (χ3v) is 4.26. The number of carbonyl (C=O) groups is 1. The number of carbonyl (C=O) groups excluding carboxylic acids is 1. The van der Waals surface area contributed by atoms with E-state index < -0.39 is 18.0 Å². The van der Waals surface area contributed by atoms with Gasteiger partial charge in [0, 0.05) is 19.1 Å². The zero-order valence-corrected chi connectivity index (χ0v) is 12.8. The number of nitrogens with one attached hydrogen (secondary N) is 1. The maximum atomic E-state index is 12.7. The van der Waals surface area contributed by atoms with Crippen molar-refractivity contribution < 1.29 is 23.1 Å². The predicted octanol–water partition coefficient (Wildman–Crippen LogP) is 3.27. The van der Waals surface area contributed by atoms with E-state index in [-0.39, 0.29) is 30.8 Å². The van der Waals surface area contributed by atoms with Crippen molar-refractivity contribution in [2.24, 2.45) is 17.3 Å². The largest absolute Gasteiger partial charge is 0.396 e. The van der Waals surface area contributed by atoms with Crippen LogP contribution in [0, 0.1) is 17.3 Å². The first kappa shape index (κ1) is 18.3. The number of aliphatic hydroxyl groups is 1. The molecule has 2 atom stereocenters. The second-order valence-electron chi connectivity index (χ2n) is 6.81. The summed E-state index contributed by atoms with van der Waals surface area (Å²) in [7, 11) is 0. The third-order valence-electron chi connectivity index (χ3n) is 4.26. The third kappa shape index (κ3) is 6.24. The first-order valence-corrected chi connectivity index (χ1v) is 7.61. The molecule has 0 aliphatic heterocycles. The molecule has 2 unspecified atom stereocenters. The Morgan fingerprint density at radius 3 is 2.52 bits per heavy atom. The molecular weight excluding hydrogens is 283 g/mol. The van der Waals surface area contributed by atoms with E-state index in [2.05, 4.69) is 5.32 Å². The summed E-state index contributed by atoms with van der Waals surface area (Å²) in [6, 6.07) is 0. The highest BCUT2D eigenvalue weighted by atomic mass is 19.4. The van der Waals surface area contributed by atoms with Crippen molar-refractivity contribution in [1.29, 1.82) is 0 Å². The summed E-state index contributed by atoms with van der Waals surface area (Å²) in [5.74, 6) is -2.13. The lowest BCUT2D eigenvalue weighted by molar-refractivity contribution is -0.186. The average Bonchev–Trinajstić information content (AvgIpc) is 2.42. The fraction of sp³-hybridized carbons (Fsp3) is 0.933. The normalized spacial score (nSPS) is 23.9. The van der Waals surface area contributed by atoms with Gasteiger partial charge < -0.3 is 10.4 Å². The Kier molecular flexibility index (Phi) is 6.50. The van der Waals surface area contributed by atoms with Gasteiger partial charge in [-0.3, -0.25) is 4.79 Å². The van der Waals surface area contributed by atoms with Crippen molar-refractivity contribution in [3.05, 3.63) is 0 Å². The maximum Gasteiger partial charge on any atom is 0.391 e. The molecule has 0 radical (unpaired) electrons. The smallest absolute Gasteiger partial charge is 0.391 e. The Labute approximate surface area is 124 Å². The molecule has 1 aliphatic carbocycles. The Balaban J connectivity index is 2.44. The molecular formula is C15H26F3NO2. The fourth-order valence-electron chi connectivity index (χ4n) is 2.84. The summed E-state index contributed by atoms with van der Waals surface area (Å²) in [6.45, 7) is 4.48. The van der Waals surface area contributed by atoms with E-state index in [4.69, 9.17) is 5.11 Å². The number of alkyl halides is 3. The molecule has 0 aromatic rings. The van der Waals surface area contributed by atoms with E-state index in [1.807, 2.05) is 13.8 Å². The maximum absolute atomic E-state index is 12.7. The molecule has 3 nitrogen and oxygen atoms in total. The average molecular weight is 309 g/mol. The molecule has 124 valence electrons. The van der Waals surface area contributed by atoms with Crippen LogP contribution in [-0.4, -0.2) is 30.3 Å². The van der Waals surface area contributed by atoms with E-state index in [9.17, 15) is 18.0 Å². The van der Waals surface area contributed by atoms with Crippen LogP contribution in [0.4, 0.5) is 13.2 Å². The minimum Gasteiger partial charge on any atom is -0.396 e. The number of halogens is 3. The quantitative estimate of drug-likeness (QED) is 0.791. The van der Waals surface area contributed by atoms with Crippen molar-refractivity contribution in [1.82, 2.24) is 5.32 Å². The molecule has 0 bridgehead atoms. The van der Waals surface area contributed by atoms with Crippen LogP contribution in [0.25, 0.3) is 0 Å². The van der Waals surface area contributed by atoms with E-state index in [1.54, 1.807) is 0 Å². The summed E-state index contributed by atoms with van der Waals surface area (Å²) >= 11 is 0. The SMILES string of the molecule is CC(C)(CCCO)CNC(=O)C1CCCC(C(F)(F)F)C1. The van der Waals surface area contributed by atoms with Crippen LogP contribution in [0.1, 0.15) is 52.4 Å². The Bertz CT molecular complexity index is 342. The van der Waals surface area contributed by atoms with Gasteiger partial charge in [-0.05, 0) is 37.5 Å². The minimum atomic E-state index is -4.20. The number of hydrogen-bond donors (Lipinski definition) is 2. The molecule has 2 N–H and O–H groups in total.